The smallest absolute Gasteiger partial charge is 0.0593 e. The van der Waals surface area contributed by atoms with Crippen LogP contribution in [0.25, 0.3) is 0 Å². The van der Waals surface area contributed by atoms with Crippen LogP contribution in [0.2, 0.25) is 0 Å². The van der Waals surface area contributed by atoms with Gasteiger partial charge < -0.3 is 4.74 Å². The zero-order valence-electron chi connectivity index (χ0n) is 12.1. The van der Waals surface area contributed by atoms with Gasteiger partial charge in [0, 0.05) is 51.6 Å². The molecular weight excluding hydrogens is 238 g/mol. The quantitative estimate of drug-likeness (QED) is 0.729. The number of rotatable bonds is 6. The first kappa shape index (κ1) is 14.4. The molecule has 106 valence electrons. The van der Waals surface area contributed by atoms with Gasteiger partial charge in [-0.1, -0.05) is 6.07 Å². The zero-order chi connectivity index (χ0) is 13.5. The van der Waals surface area contributed by atoms with Crippen molar-refractivity contribution in [1.82, 2.24) is 14.8 Å². The molecule has 0 N–H and O–H groups in total. The van der Waals surface area contributed by atoms with Gasteiger partial charge in [0.05, 0.1) is 12.3 Å². The van der Waals surface area contributed by atoms with Gasteiger partial charge in [0.25, 0.3) is 0 Å². The highest BCUT2D eigenvalue weighted by Crippen LogP contribution is 2.11. The molecular formula is C15H25N3O. The Morgan fingerprint density at radius 2 is 2.26 bits per heavy atom. The lowest BCUT2D eigenvalue weighted by molar-refractivity contribution is 0.0462. The summed E-state index contributed by atoms with van der Waals surface area (Å²) in [5.41, 5.74) is 1.16. The summed E-state index contributed by atoms with van der Waals surface area (Å²) in [7, 11) is 0. The molecule has 1 atom stereocenters. The number of nitrogens with zero attached hydrogens (tertiary/aromatic N) is 3. The molecule has 2 heterocycles. The third kappa shape index (κ3) is 4.56. The molecule has 0 saturated carbocycles. The monoisotopic (exact) mass is 263 g/mol. The minimum atomic E-state index is 0.595. The van der Waals surface area contributed by atoms with E-state index in [2.05, 4.69) is 33.8 Å². The van der Waals surface area contributed by atoms with Gasteiger partial charge in [0.1, 0.15) is 0 Å². The van der Waals surface area contributed by atoms with Crippen LogP contribution in [-0.4, -0.2) is 60.2 Å². The fourth-order valence-electron chi connectivity index (χ4n) is 2.59. The molecule has 4 nitrogen and oxygen atoms in total. The van der Waals surface area contributed by atoms with Crippen LogP contribution in [0.3, 0.4) is 0 Å². The number of aromatic nitrogens is 1. The van der Waals surface area contributed by atoms with Gasteiger partial charge in [-0.15, -0.1) is 0 Å². The molecule has 0 aliphatic carbocycles. The van der Waals surface area contributed by atoms with E-state index in [4.69, 9.17) is 4.74 Å². The Kier molecular flexibility index (Phi) is 5.76. The largest absolute Gasteiger partial charge is 0.380 e. The van der Waals surface area contributed by atoms with Crippen molar-refractivity contribution in [3.05, 3.63) is 30.1 Å². The summed E-state index contributed by atoms with van der Waals surface area (Å²) in [5.74, 6) is 0. The molecule has 0 aromatic carbocycles. The molecule has 1 fully saturated rings. The Morgan fingerprint density at radius 3 is 2.95 bits per heavy atom. The van der Waals surface area contributed by atoms with Crippen molar-refractivity contribution in [3.63, 3.8) is 0 Å². The Hall–Kier alpha value is -0.970. The molecule has 1 aromatic heterocycles. The van der Waals surface area contributed by atoms with Gasteiger partial charge in [-0.3, -0.25) is 14.8 Å². The van der Waals surface area contributed by atoms with Gasteiger partial charge in [0.2, 0.25) is 0 Å². The van der Waals surface area contributed by atoms with E-state index in [1.54, 1.807) is 0 Å². The van der Waals surface area contributed by atoms with Crippen LogP contribution in [0.4, 0.5) is 0 Å². The lowest BCUT2D eigenvalue weighted by atomic mass is 10.2. The average Bonchev–Trinajstić information content (AvgIpc) is 2.43. The van der Waals surface area contributed by atoms with Gasteiger partial charge >= 0.3 is 0 Å². The van der Waals surface area contributed by atoms with E-state index in [1.807, 2.05) is 19.2 Å². The van der Waals surface area contributed by atoms with Crippen LogP contribution in [-0.2, 0) is 11.3 Å². The topological polar surface area (TPSA) is 28.6 Å². The van der Waals surface area contributed by atoms with Gasteiger partial charge in [-0.05, 0) is 26.0 Å². The molecule has 2 rings (SSSR count). The molecule has 0 unspecified atom stereocenters. The van der Waals surface area contributed by atoms with Crippen LogP contribution in [0, 0.1) is 0 Å². The first-order chi connectivity index (χ1) is 9.29. The van der Waals surface area contributed by atoms with Crippen molar-refractivity contribution >= 4 is 0 Å². The summed E-state index contributed by atoms with van der Waals surface area (Å²) in [5, 5.41) is 0. The van der Waals surface area contributed by atoms with Gasteiger partial charge in [0.15, 0.2) is 0 Å². The van der Waals surface area contributed by atoms with E-state index in [9.17, 15) is 0 Å². The second-order valence-corrected chi connectivity index (χ2v) is 5.14. The second kappa shape index (κ2) is 7.58. The maximum Gasteiger partial charge on any atom is 0.0593 e. The maximum atomic E-state index is 5.44. The number of ether oxygens (including phenoxy) is 1. The lowest BCUT2D eigenvalue weighted by Crippen LogP contribution is -2.52. The van der Waals surface area contributed by atoms with Crippen molar-refractivity contribution in [3.8, 4) is 0 Å². The fourth-order valence-corrected chi connectivity index (χ4v) is 2.59. The molecule has 1 aliphatic heterocycles. The van der Waals surface area contributed by atoms with Crippen molar-refractivity contribution in [2.75, 3.05) is 39.4 Å². The molecule has 0 spiro atoms. The molecule has 1 aliphatic rings. The van der Waals surface area contributed by atoms with Crippen LogP contribution in [0.1, 0.15) is 19.5 Å². The van der Waals surface area contributed by atoms with Crippen LogP contribution in [0.5, 0.6) is 0 Å². The minimum Gasteiger partial charge on any atom is -0.380 e. The van der Waals surface area contributed by atoms with E-state index >= 15 is 0 Å². The molecule has 1 saturated heterocycles. The molecule has 1 aromatic rings. The minimum absolute atomic E-state index is 0.595. The van der Waals surface area contributed by atoms with E-state index in [0.29, 0.717) is 6.04 Å². The standard InChI is InChI=1S/C15H25N3O/c1-3-19-11-10-18-9-8-17(12-14(18)2)13-15-6-4-5-7-16-15/h4-7,14H,3,8-13H2,1-2H3/t14-/m0/s1. The lowest BCUT2D eigenvalue weighted by Gasteiger charge is -2.39. The number of piperazine rings is 1. The molecule has 19 heavy (non-hydrogen) atoms. The van der Waals surface area contributed by atoms with Crippen molar-refractivity contribution in [2.45, 2.75) is 26.4 Å². The Balaban J connectivity index is 1.76. The van der Waals surface area contributed by atoms with Crippen molar-refractivity contribution in [1.29, 1.82) is 0 Å². The molecule has 0 amide bonds. The maximum absolute atomic E-state index is 5.44. The predicted molar refractivity (Wildman–Crippen MR) is 77.0 cm³/mol. The molecule has 0 radical (unpaired) electrons. The van der Waals surface area contributed by atoms with Crippen LogP contribution in [0.15, 0.2) is 24.4 Å². The van der Waals surface area contributed by atoms with Gasteiger partial charge in [-0.25, -0.2) is 0 Å². The Morgan fingerprint density at radius 1 is 1.37 bits per heavy atom. The summed E-state index contributed by atoms with van der Waals surface area (Å²) >= 11 is 0. The Labute approximate surface area is 116 Å². The first-order valence-corrected chi connectivity index (χ1v) is 7.23. The predicted octanol–water partition coefficient (Wildman–Crippen LogP) is 1.62. The van der Waals surface area contributed by atoms with E-state index in [0.717, 1.165) is 51.6 Å². The van der Waals surface area contributed by atoms with Gasteiger partial charge in [-0.2, -0.15) is 0 Å². The number of hydrogen-bond acceptors (Lipinski definition) is 4. The van der Waals surface area contributed by atoms with Crippen LogP contribution >= 0.6 is 0 Å². The summed E-state index contributed by atoms with van der Waals surface area (Å²) in [4.78, 5) is 9.41. The van der Waals surface area contributed by atoms with E-state index in [1.165, 1.54) is 0 Å². The van der Waals surface area contributed by atoms with E-state index in [-0.39, 0.29) is 0 Å². The highest BCUT2D eigenvalue weighted by molar-refractivity contribution is 5.03. The Bertz CT molecular complexity index is 358. The summed E-state index contributed by atoms with van der Waals surface area (Å²) in [6, 6.07) is 6.73. The summed E-state index contributed by atoms with van der Waals surface area (Å²) in [6.45, 7) is 11.4. The summed E-state index contributed by atoms with van der Waals surface area (Å²) < 4.78 is 5.44. The SMILES string of the molecule is CCOCCN1CCN(Cc2ccccn2)C[C@@H]1C. The molecule has 4 heteroatoms. The normalized spacial score (nSPS) is 21.7. The molecule has 0 bridgehead atoms. The second-order valence-electron chi connectivity index (χ2n) is 5.14. The fraction of sp³-hybridized carbons (Fsp3) is 0.667. The van der Waals surface area contributed by atoms with Crippen molar-refractivity contribution in [2.24, 2.45) is 0 Å². The highest BCUT2D eigenvalue weighted by Gasteiger charge is 2.23. The third-order valence-electron chi connectivity index (χ3n) is 3.69. The van der Waals surface area contributed by atoms with Crippen LogP contribution < -0.4 is 0 Å². The third-order valence-corrected chi connectivity index (χ3v) is 3.69. The highest BCUT2D eigenvalue weighted by atomic mass is 16.5. The number of hydrogen-bond donors (Lipinski definition) is 0. The van der Waals surface area contributed by atoms with Crippen molar-refractivity contribution < 1.29 is 4.74 Å². The number of pyridine rings is 1. The average molecular weight is 263 g/mol. The van der Waals surface area contributed by atoms with E-state index < -0.39 is 0 Å². The summed E-state index contributed by atoms with van der Waals surface area (Å²) in [6.07, 6.45) is 1.87. The zero-order valence-corrected chi connectivity index (χ0v) is 12.1. The first-order valence-electron chi connectivity index (χ1n) is 7.23.